The lowest BCUT2D eigenvalue weighted by atomic mass is 10.1. The SMILES string of the molecule is N#Cc1cccc(C(=O)Nc2ccnn2Cc2ccccc2)c1. The molecule has 0 saturated carbocycles. The number of nitrogens with zero attached hydrogens (tertiary/aromatic N) is 3. The summed E-state index contributed by atoms with van der Waals surface area (Å²) in [6.45, 7) is 0.571. The number of nitriles is 1. The number of carbonyl (C=O) groups excluding carboxylic acids is 1. The van der Waals surface area contributed by atoms with Gasteiger partial charge in [0.05, 0.1) is 24.4 Å². The Morgan fingerprint density at radius 1 is 1.13 bits per heavy atom. The van der Waals surface area contributed by atoms with Crippen LogP contribution in [0.15, 0.2) is 66.9 Å². The molecule has 5 heteroatoms. The fourth-order valence-electron chi connectivity index (χ4n) is 2.24. The highest BCUT2D eigenvalue weighted by molar-refractivity contribution is 6.04. The molecule has 0 bridgehead atoms. The lowest BCUT2D eigenvalue weighted by Gasteiger charge is -2.09. The highest BCUT2D eigenvalue weighted by Gasteiger charge is 2.10. The van der Waals surface area contributed by atoms with Crippen LogP contribution >= 0.6 is 0 Å². The molecule has 112 valence electrons. The molecule has 1 heterocycles. The van der Waals surface area contributed by atoms with Crippen LogP contribution in [-0.4, -0.2) is 15.7 Å². The first-order valence-corrected chi connectivity index (χ1v) is 7.13. The van der Waals surface area contributed by atoms with Crippen molar-refractivity contribution in [3.8, 4) is 6.07 Å². The van der Waals surface area contributed by atoms with E-state index in [1.165, 1.54) is 0 Å². The largest absolute Gasteiger partial charge is 0.307 e. The summed E-state index contributed by atoms with van der Waals surface area (Å²) in [5.41, 5.74) is 1.99. The third-order valence-electron chi connectivity index (χ3n) is 3.39. The van der Waals surface area contributed by atoms with Crippen molar-refractivity contribution in [3.63, 3.8) is 0 Å². The second-order valence-electron chi connectivity index (χ2n) is 5.01. The fraction of sp³-hybridized carbons (Fsp3) is 0.0556. The number of hydrogen-bond acceptors (Lipinski definition) is 3. The van der Waals surface area contributed by atoms with Crippen molar-refractivity contribution in [1.29, 1.82) is 5.26 Å². The zero-order valence-electron chi connectivity index (χ0n) is 12.3. The average molecular weight is 302 g/mol. The first-order valence-electron chi connectivity index (χ1n) is 7.13. The number of hydrogen-bond donors (Lipinski definition) is 1. The molecule has 0 aliphatic carbocycles. The van der Waals surface area contributed by atoms with Crippen LogP contribution < -0.4 is 5.32 Å². The molecule has 2 aromatic carbocycles. The zero-order chi connectivity index (χ0) is 16.1. The fourth-order valence-corrected chi connectivity index (χ4v) is 2.24. The van der Waals surface area contributed by atoms with Crippen molar-refractivity contribution in [2.24, 2.45) is 0 Å². The van der Waals surface area contributed by atoms with Crippen LogP contribution in [0.3, 0.4) is 0 Å². The Labute approximate surface area is 133 Å². The van der Waals surface area contributed by atoms with Gasteiger partial charge < -0.3 is 5.32 Å². The lowest BCUT2D eigenvalue weighted by Crippen LogP contribution is -2.16. The molecule has 3 aromatic rings. The molecule has 3 rings (SSSR count). The van der Waals surface area contributed by atoms with Crippen LogP contribution in [0.25, 0.3) is 0 Å². The molecule has 1 amide bonds. The van der Waals surface area contributed by atoms with Gasteiger partial charge in [-0.1, -0.05) is 36.4 Å². The van der Waals surface area contributed by atoms with Crippen LogP contribution in [0.5, 0.6) is 0 Å². The highest BCUT2D eigenvalue weighted by Crippen LogP contribution is 2.12. The smallest absolute Gasteiger partial charge is 0.256 e. The van der Waals surface area contributed by atoms with E-state index in [2.05, 4.69) is 10.4 Å². The lowest BCUT2D eigenvalue weighted by molar-refractivity contribution is 0.102. The van der Waals surface area contributed by atoms with Crippen molar-refractivity contribution < 1.29 is 4.79 Å². The standard InChI is InChI=1S/C18H14N4O/c19-12-15-7-4-8-16(11-15)18(23)21-17-9-10-20-22(17)13-14-5-2-1-3-6-14/h1-11H,13H2,(H,21,23). The summed E-state index contributed by atoms with van der Waals surface area (Å²) >= 11 is 0. The number of nitrogens with one attached hydrogen (secondary N) is 1. The van der Waals surface area contributed by atoms with Crippen LogP contribution in [-0.2, 0) is 6.54 Å². The van der Waals surface area contributed by atoms with E-state index < -0.39 is 0 Å². The van der Waals surface area contributed by atoms with E-state index in [1.54, 1.807) is 41.2 Å². The molecule has 0 saturated heterocycles. The predicted molar refractivity (Wildman–Crippen MR) is 86.9 cm³/mol. The molecule has 0 fully saturated rings. The number of anilines is 1. The number of carbonyl (C=O) groups is 1. The van der Waals surface area contributed by atoms with Crippen molar-refractivity contribution in [2.45, 2.75) is 6.54 Å². The van der Waals surface area contributed by atoms with Crippen LogP contribution in [0.2, 0.25) is 0 Å². The molecule has 0 atom stereocenters. The summed E-state index contributed by atoms with van der Waals surface area (Å²) < 4.78 is 1.72. The van der Waals surface area contributed by atoms with E-state index in [0.717, 1.165) is 5.56 Å². The van der Waals surface area contributed by atoms with Gasteiger partial charge in [0.15, 0.2) is 0 Å². The van der Waals surface area contributed by atoms with Gasteiger partial charge in [-0.05, 0) is 23.8 Å². The van der Waals surface area contributed by atoms with E-state index in [1.807, 2.05) is 36.4 Å². The first-order chi connectivity index (χ1) is 11.3. The second-order valence-corrected chi connectivity index (χ2v) is 5.01. The third-order valence-corrected chi connectivity index (χ3v) is 3.39. The van der Waals surface area contributed by atoms with Gasteiger partial charge in [-0.15, -0.1) is 0 Å². The molecule has 0 unspecified atom stereocenters. The van der Waals surface area contributed by atoms with Crippen molar-refractivity contribution in [1.82, 2.24) is 9.78 Å². The quantitative estimate of drug-likeness (QED) is 0.805. The van der Waals surface area contributed by atoms with Gasteiger partial charge in [0.25, 0.3) is 5.91 Å². The Morgan fingerprint density at radius 3 is 2.74 bits per heavy atom. The minimum Gasteiger partial charge on any atom is -0.307 e. The van der Waals surface area contributed by atoms with Gasteiger partial charge in [-0.2, -0.15) is 10.4 Å². The monoisotopic (exact) mass is 302 g/mol. The van der Waals surface area contributed by atoms with Gasteiger partial charge in [0.1, 0.15) is 5.82 Å². The molecule has 0 radical (unpaired) electrons. The van der Waals surface area contributed by atoms with Gasteiger partial charge in [0.2, 0.25) is 0 Å². The summed E-state index contributed by atoms with van der Waals surface area (Å²) in [5, 5.41) is 16.0. The summed E-state index contributed by atoms with van der Waals surface area (Å²) in [4.78, 5) is 12.3. The summed E-state index contributed by atoms with van der Waals surface area (Å²) in [5.74, 6) is 0.345. The van der Waals surface area contributed by atoms with Gasteiger partial charge in [-0.25, -0.2) is 4.68 Å². The average Bonchev–Trinajstić information content (AvgIpc) is 3.02. The van der Waals surface area contributed by atoms with Crippen molar-refractivity contribution in [3.05, 3.63) is 83.6 Å². The van der Waals surface area contributed by atoms with Gasteiger partial charge >= 0.3 is 0 Å². The number of rotatable bonds is 4. The Bertz CT molecular complexity index is 862. The Balaban J connectivity index is 1.77. The maximum Gasteiger partial charge on any atom is 0.256 e. The third kappa shape index (κ3) is 3.44. The predicted octanol–water partition coefficient (Wildman–Crippen LogP) is 3.06. The highest BCUT2D eigenvalue weighted by atomic mass is 16.1. The maximum absolute atomic E-state index is 12.3. The molecular formula is C18H14N4O. The topological polar surface area (TPSA) is 70.7 Å². The summed E-state index contributed by atoms with van der Waals surface area (Å²) in [6, 6.07) is 20.3. The Hall–Kier alpha value is -3.39. The number of benzene rings is 2. The molecule has 0 aliphatic rings. The minimum atomic E-state index is -0.267. The second kappa shape index (κ2) is 6.58. The molecule has 5 nitrogen and oxygen atoms in total. The maximum atomic E-state index is 12.3. The molecule has 23 heavy (non-hydrogen) atoms. The van der Waals surface area contributed by atoms with E-state index in [9.17, 15) is 4.79 Å². The van der Waals surface area contributed by atoms with E-state index in [-0.39, 0.29) is 5.91 Å². The van der Waals surface area contributed by atoms with Gasteiger partial charge in [-0.3, -0.25) is 4.79 Å². The summed E-state index contributed by atoms with van der Waals surface area (Å²) in [6.07, 6.45) is 1.64. The van der Waals surface area contributed by atoms with Crippen LogP contribution in [0, 0.1) is 11.3 Å². The molecular weight excluding hydrogens is 288 g/mol. The number of aromatic nitrogens is 2. The van der Waals surface area contributed by atoms with Crippen LogP contribution in [0.1, 0.15) is 21.5 Å². The first kappa shape index (κ1) is 14.5. The van der Waals surface area contributed by atoms with E-state index in [0.29, 0.717) is 23.5 Å². The van der Waals surface area contributed by atoms with Crippen LogP contribution in [0.4, 0.5) is 5.82 Å². The normalized spacial score (nSPS) is 10.0. The Kier molecular flexibility index (Phi) is 4.16. The van der Waals surface area contributed by atoms with E-state index in [4.69, 9.17) is 5.26 Å². The summed E-state index contributed by atoms with van der Waals surface area (Å²) in [7, 11) is 0. The van der Waals surface area contributed by atoms with Crippen molar-refractivity contribution >= 4 is 11.7 Å². The number of amides is 1. The molecule has 1 N–H and O–H groups in total. The van der Waals surface area contributed by atoms with E-state index >= 15 is 0 Å². The minimum absolute atomic E-state index is 0.267. The van der Waals surface area contributed by atoms with Crippen molar-refractivity contribution in [2.75, 3.05) is 5.32 Å². The van der Waals surface area contributed by atoms with Gasteiger partial charge in [0, 0.05) is 11.6 Å². The molecule has 1 aromatic heterocycles. The molecule has 0 aliphatic heterocycles. The molecule has 0 spiro atoms. The Morgan fingerprint density at radius 2 is 1.96 bits per heavy atom. The zero-order valence-corrected chi connectivity index (χ0v) is 12.3.